The summed E-state index contributed by atoms with van der Waals surface area (Å²) in [4.78, 5) is 32.8. The van der Waals surface area contributed by atoms with Gasteiger partial charge in [0.1, 0.15) is 11.3 Å². The number of hydrogen-bond donors (Lipinski definition) is 2. The largest absolute Gasteiger partial charge is 0.480 e. The van der Waals surface area contributed by atoms with E-state index in [1.165, 1.54) is 12.7 Å². The molecule has 2 aromatic heterocycles. The SMILES string of the molecule is COCCN1C[C@@H](CC(=O)Cc2c(C)c(-c3cnc(OC)c(C(=O)NO)c3)nn2-c2ccccc2)[C@H](c2ccccc2)C1. The molecular weight excluding hydrogens is 546 g/mol. The lowest BCUT2D eigenvalue weighted by atomic mass is 9.85. The van der Waals surface area contributed by atoms with E-state index >= 15 is 0 Å². The maximum absolute atomic E-state index is 13.8. The van der Waals surface area contributed by atoms with Crippen molar-refractivity contribution in [2.45, 2.75) is 25.7 Å². The van der Waals surface area contributed by atoms with Crippen LogP contribution in [-0.2, 0) is 16.0 Å². The van der Waals surface area contributed by atoms with E-state index in [9.17, 15) is 14.8 Å². The van der Waals surface area contributed by atoms with Gasteiger partial charge in [-0.2, -0.15) is 5.10 Å². The number of benzene rings is 2. The Hall–Kier alpha value is -4.38. The molecule has 0 saturated carbocycles. The first-order chi connectivity index (χ1) is 20.9. The monoisotopic (exact) mass is 583 g/mol. The summed E-state index contributed by atoms with van der Waals surface area (Å²) < 4.78 is 12.3. The molecule has 0 spiro atoms. The molecule has 2 aromatic carbocycles. The number of aromatic nitrogens is 3. The van der Waals surface area contributed by atoms with Crippen molar-refractivity contribution < 1.29 is 24.3 Å². The molecule has 0 unspecified atom stereocenters. The molecule has 5 rings (SSSR count). The van der Waals surface area contributed by atoms with Gasteiger partial charge in [-0.3, -0.25) is 14.8 Å². The summed E-state index contributed by atoms with van der Waals surface area (Å²) in [6.07, 6.45) is 2.22. The molecule has 10 nitrogen and oxygen atoms in total. The van der Waals surface area contributed by atoms with Crippen molar-refractivity contribution in [1.82, 2.24) is 25.1 Å². The fourth-order valence-electron chi connectivity index (χ4n) is 5.96. The Balaban J connectivity index is 1.46. The van der Waals surface area contributed by atoms with Crippen molar-refractivity contribution in [3.8, 4) is 22.8 Å². The lowest BCUT2D eigenvalue weighted by Crippen LogP contribution is -2.25. The van der Waals surface area contributed by atoms with Crippen LogP contribution in [0.5, 0.6) is 5.88 Å². The minimum absolute atomic E-state index is 0.0694. The summed E-state index contributed by atoms with van der Waals surface area (Å²) in [5, 5.41) is 14.1. The first kappa shape index (κ1) is 30.1. The molecule has 0 radical (unpaired) electrons. The van der Waals surface area contributed by atoms with Crippen molar-refractivity contribution in [3.05, 3.63) is 95.3 Å². The van der Waals surface area contributed by atoms with E-state index in [4.69, 9.17) is 14.6 Å². The van der Waals surface area contributed by atoms with Gasteiger partial charge >= 0.3 is 0 Å². The highest BCUT2D eigenvalue weighted by molar-refractivity contribution is 5.96. The molecule has 2 N–H and O–H groups in total. The number of carbonyl (C=O) groups is 2. The number of nitrogens with zero attached hydrogens (tertiary/aromatic N) is 4. The van der Waals surface area contributed by atoms with Gasteiger partial charge in [-0.25, -0.2) is 15.1 Å². The van der Waals surface area contributed by atoms with Gasteiger partial charge in [0.15, 0.2) is 0 Å². The van der Waals surface area contributed by atoms with E-state index in [0.717, 1.165) is 36.6 Å². The first-order valence-electron chi connectivity index (χ1n) is 14.3. The number of ketones is 1. The van der Waals surface area contributed by atoms with E-state index < -0.39 is 5.91 Å². The van der Waals surface area contributed by atoms with Crippen molar-refractivity contribution in [2.24, 2.45) is 5.92 Å². The molecule has 1 saturated heterocycles. The van der Waals surface area contributed by atoms with Crippen LogP contribution in [-0.4, -0.2) is 77.0 Å². The number of amides is 1. The quantitative estimate of drug-likeness (QED) is 0.188. The zero-order valence-corrected chi connectivity index (χ0v) is 24.7. The third-order valence-electron chi connectivity index (χ3n) is 8.12. The maximum Gasteiger partial charge on any atom is 0.280 e. The molecule has 1 aliphatic heterocycles. The number of carbonyl (C=O) groups excluding carboxylic acids is 2. The van der Waals surface area contributed by atoms with E-state index in [-0.39, 0.29) is 35.5 Å². The predicted octanol–water partition coefficient (Wildman–Crippen LogP) is 4.23. The average Bonchev–Trinajstić information content (AvgIpc) is 3.60. The van der Waals surface area contributed by atoms with Gasteiger partial charge in [-0.05, 0) is 42.2 Å². The molecule has 1 aliphatic rings. The van der Waals surface area contributed by atoms with Gasteiger partial charge in [0.05, 0.1) is 30.8 Å². The van der Waals surface area contributed by atoms with Crippen molar-refractivity contribution >= 4 is 11.7 Å². The Morgan fingerprint density at radius 1 is 1.05 bits per heavy atom. The van der Waals surface area contributed by atoms with Crippen LogP contribution >= 0.6 is 0 Å². The van der Waals surface area contributed by atoms with Gasteiger partial charge in [-0.15, -0.1) is 0 Å². The summed E-state index contributed by atoms with van der Waals surface area (Å²) >= 11 is 0. The second-order valence-electron chi connectivity index (χ2n) is 10.8. The Labute approximate surface area is 251 Å². The highest BCUT2D eigenvalue weighted by atomic mass is 16.5. The molecule has 43 heavy (non-hydrogen) atoms. The fourth-order valence-corrected chi connectivity index (χ4v) is 5.96. The second-order valence-corrected chi connectivity index (χ2v) is 10.8. The second kappa shape index (κ2) is 13.7. The maximum atomic E-state index is 13.8. The molecule has 10 heteroatoms. The molecule has 0 aliphatic carbocycles. The number of hydroxylamine groups is 1. The smallest absolute Gasteiger partial charge is 0.280 e. The Kier molecular flexibility index (Phi) is 9.61. The van der Waals surface area contributed by atoms with Gasteiger partial charge in [-0.1, -0.05) is 48.5 Å². The van der Waals surface area contributed by atoms with Crippen molar-refractivity contribution in [1.29, 1.82) is 0 Å². The number of nitrogens with one attached hydrogen (secondary N) is 1. The number of methoxy groups -OCH3 is 2. The number of hydrogen-bond acceptors (Lipinski definition) is 8. The van der Waals surface area contributed by atoms with E-state index in [2.05, 4.69) is 34.1 Å². The number of Topliss-reactive ketones (excluding diaryl/α,β-unsaturated/α-hetero) is 1. The van der Waals surface area contributed by atoms with E-state index in [1.807, 2.05) is 43.3 Å². The number of rotatable bonds is 12. The Morgan fingerprint density at radius 2 is 1.77 bits per heavy atom. The van der Waals surface area contributed by atoms with Gasteiger partial charge in [0.25, 0.3) is 5.91 Å². The van der Waals surface area contributed by atoms with E-state index in [1.54, 1.807) is 29.5 Å². The molecule has 3 heterocycles. The summed E-state index contributed by atoms with van der Waals surface area (Å²) in [6, 6.07) is 21.7. The van der Waals surface area contributed by atoms with Crippen LogP contribution in [0, 0.1) is 12.8 Å². The van der Waals surface area contributed by atoms with Crippen molar-refractivity contribution in [2.75, 3.05) is 40.5 Å². The van der Waals surface area contributed by atoms with Crippen molar-refractivity contribution in [3.63, 3.8) is 0 Å². The number of likely N-dealkylation sites (tertiary alicyclic amines) is 1. The summed E-state index contributed by atoms with van der Waals surface area (Å²) in [5.74, 6) is -0.0793. The highest BCUT2D eigenvalue weighted by Crippen LogP contribution is 2.36. The standard InChI is InChI=1S/C33H37N5O5/c1-22-30(18-27(39)16-25-20-37(14-15-42-2)21-29(25)23-10-6-4-7-11-23)38(26-12-8-5-9-13-26)35-31(22)24-17-28(32(40)36-41)33(43-3)34-19-24/h4-13,17,19,25,29,41H,14-16,18,20-21H2,1-3H3,(H,36,40)/t25-,29+/m1/s1. The van der Waals surface area contributed by atoms with Gasteiger partial charge in [0.2, 0.25) is 5.88 Å². The molecule has 0 bridgehead atoms. The van der Waals surface area contributed by atoms with Gasteiger partial charge in [0, 0.05) is 57.3 Å². The molecule has 2 atom stereocenters. The van der Waals surface area contributed by atoms with Crippen LogP contribution in [0.25, 0.3) is 16.9 Å². The average molecular weight is 584 g/mol. The van der Waals surface area contributed by atoms with Crippen LogP contribution in [0.15, 0.2) is 72.9 Å². The van der Waals surface area contributed by atoms with Crippen LogP contribution in [0.2, 0.25) is 0 Å². The molecule has 4 aromatic rings. The summed E-state index contributed by atoms with van der Waals surface area (Å²) in [5.41, 5.74) is 6.53. The lowest BCUT2D eigenvalue weighted by molar-refractivity contribution is -0.119. The lowest BCUT2D eigenvalue weighted by Gasteiger charge is -2.18. The Bertz CT molecular complexity index is 1560. The molecule has 1 amide bonds. The third-order valence-corrected chi connectivity index (χ3v) is 8.12. The minimum Gasteiger partial charge on any atom is -0.480 e. The van der Waals surface area contributed by atoms with Crippen LogP contribution in [0.4, 0.5) is 0 Å². The first-order valence-corrected chi connectivity index (χ1v) is 14.3. The highest BCUT2D eigenvalue weighted by Gasteiger charge is 2.35. The normalized spacial score (nSPS) is 16.7. The summed E-state index contributed by atoms with van der Waals surface area (Å²) in [7, 11) is 3.11. The third kappa shape index (κ3) is 6.67. The van der Waals surface area contributed by atoms with Crippen LogP contribution in [0.1, 0.15) is 39.5 Å². The number of para-hydroxylation sites is 1. The molecular formula is C33H37N5O5. The van der Waals surface area contributed by atoms with Crippen LogP contribution < -0.4 is 10.2 Å². The number of pyridine rings is 1. The zero-order valence-electron chi connectivity index (χ0n) is 24.7. The number of ether oxygens (including phenoxy) is 2. The minimum atomic E-state index is -0.745. The Morgan fingerprint density at radius 3 is 2.44 bits per heavy atom. The fraction of sp³-hybridized carbons (Fsp3) is 0.333. The predicted molar refractivity (Wildman–Crippen MR) is 162 cm³/mol. The summed E-state index contributed by atoms with van der Waals surface area (Å²) in [6.45, 7) is 5.15. The van der Waals surface area contributed by atoms with E-state index in [0.29, 0.717) is 24.3 Å². The van der Waals surface area contributed by atoms with Crippen LogP contribution in [0.3, 0.4) is 0 Å². The topological polar surface area (TPSA) is 119 Å². The molecule has 224 valence electrons. The van der Waals surface area contributed by atoms with Gasteiger partial charge < -0.3 is 14.4 Å². The molecule has 1 fully saturated rings. The zero-order chi connectivity index (χ0) is 30.3.